The fourth-order valence-corrected chi connectivity index (χ4v) is 2.90. The molecule has 0 spiro atoms. The summed E-state index contributed by atoms with van der Waals surface area (Å²) < 4.78 is 0. The summed E-state index contributed by atoms with van der Waals surface area (Å²) >= 11 is 2.88. The number of hydrogen-bond acceptors (Lipinski definition) is 5. The first-order valence-corrected chi connectivity index (χ1v) is 6.17. The van der Waals surface area contributed by atoms with Gasteiger partial charge in [0.2, 0.25) is 0 Å². The third-order valence-corrected chi connectivity index (χ3v) is 3.83. The van der Waals surface area contributed by atoms with Gasteiger partial charge in [-0.2, -0.15) is 16.6 Å². The maximum absolute atomic E-state index is 11.5. The van der Waals surface area contributed by atoms with Crippen LogP contribution in [0.5, 0.6) is 0 Å². The molecule has 6 heteroatoms. The summed E-state index contributed by atoms with van der Waals surface area (Å²) in [6, 6.07) is 1.95. The van der Waals surface area contributed by atoms with E-state index in [-0.39, 0.29) is 5.91 Å². The van der Waals surface area contributed by atoms with Crippen molar-refractivity contribution in [1.82, 2.24) is 10.3 Å². The zero-order valence-electron chi connectivity index (χ0n) is 8.35. The molecule has 0 saturated heterocycles. The predicted octanol–water partition coefficient (Wildman–Crippen LogP) is 2.39. The SMILES string of the molecule is Cc1nc(-c2ccsc2)sc1C(=O)NC#N. The first-order valence-electron chi connectivity index (χ1n) is 4.42. The number of carbonyl (C=O) groups is 1. The average molecular weight is 249 g/mol. The van der Waals surface area contributed by atoms with Crippen LogP contribution >= 0.6 is 22.7 Å². The maximum atomic E-state index is 11.5. The van der Waals surface area contributed by atoms with E-state index in [1.807, 2.05) is 16.8 Å². The highest BCUT2D eigenvalue weighted by Crippen LogP contribution is 2.29. The van der Waals surface area contributed by atoms with Crippen LogP contribution in [0, 0.1) is 18.4 Å². The van der Waals surface area contributed by atoms with Crippen LogP contribution in [0.25, 0.3) is 10.6 Å². The topological polar surface area (TPSA) is 65.8 Å². The molecule has 1 amide bonds. The summed E-state index contributed by atoms with van der Waals surface area (Å²) in [5.41, 5.74) is 1.66. The standard InChI is InChI=1S/C10H7N3OS2/c1-6-8(9(14)12-5-11)16-10(13-6)7-2-3-15-4-7/h2-4H,1H3,(H,12,14). The number of nitrogens with one attached hydrogen (secondary N) is 1. The molecule has 2 aromatic rings. The third kappa shape index (κ3) is 1.96. The first kappa shape index (κ1) is 10.8. The Morgan fingerprint density at radius 3 is 3.06 bits per heavy atom. The zero-order chi connectivity index (χ0) is 11.5. The molecule has 2 rings (SSSR count). The molecular formula is C10H7N3OS2. The van der Waals surface area contributed by atoms with Crippen molar-refractivity contribution in [1.29, 1.82) is 5.26 Å². The monoisotopic (exact) mass is 249 g/mol. The van der Waals surface area contributed by atoms with Crippen molar-refractivity contribution in [2.45, 2.75) is 6.92 Å². The van der Waals surface area contributed by atoms with Crippen LogP contribution < -0.4 is 5.32 Å². The minimum atomic E-state index is -0.390. The fourth-order valence-electron chi connectivity index (χ4n) is 1.22. The molecule has 0 saturated carbocycles. The van der Waals surface area contributed by atoms with Gasteiger partial charge in [-0.15, -0.1) is 11.3 Å². The number of hydrogen-bond donors (Lipinski definition) is 1. The Kier molecular flexibility index (Phi) is 2.99. The van der Waals surface area contributed by atoms with Crippen molar-refractivity contribution in [2.24, 2.45) is 0 Å². The lowest BCUT2D eigenvalue weighted by molar-refractivity contribution is 0.0976. The van der Waals surface area contributed by atoms with Crippen LogP contribution in [0.4, 0.5) is 0 Å². The highest BCUT2D eigenvalue weighted by molar-refractivity contribution is 7.17. The normalized spacial score (nSPS) is 9.75. The molecule has 0 aliphatic carbocycles. The minimum absolute atomic E-state index is 0.390. The van der Waals surface area contributed by atoms with Gasteiger partial charge in [0.25, 0.3) is 5.91 Å². The van der Waals surface area contributed by atoms with Crippen molar-refractivity contribution in [2.75, 3.05) is 0 Å². The largest absolute Gasteiger partial charge is 0.276 e. The predicted molar refractivity (Wildman–Crippen MR) is 63.2 cm³/mol. The smallest absolute Gasteiger partial charge is 0.267 e. The molecular weight excluding hydrogens is 242 g/mol. The summed E-state index contributed by atoms with van der Waals surface area (Å²) in [5.74, 6) is -0.390. The Balaban J connectivity index is 2.37. The molecule has 0 radical (unpaired) electrons. The van der Waals surface area contributed by atoms with Crippen LogP contribution in [0.1, 0.15) is 15.4 Å². The average Bonchev–Trinajstić information content (AvgIpc) is 2.86. The van der Waals surface area contributed by atoms with Crippen molar-refractivity contribution < 1.29 is 4.79 Å². The molecule has 80 valence electrons. The Morgan fingerprint density at radius 2 is 2.44 bits per heavy atom. The summed E-state index contributed by atoms with van der Waals surface area (Å²) in [4.78, 5) is 16.3. The number of thiazole rings is 1. The molecule has 0 aliphatic rings. The van der Waals surface area contributed by atoms with Crippen LogP contribution in [0.15, 0.2) is 16.8 Å². The van der Waals surface area contributed by atoms with Gasteiger partial charge in [0.15, 0.2) is 6.19 Å². The van der Waals surface area contributed by atoms with Crippen molar-refractivity contribution in [3.05, 3.63) is 27.4 Å². The van der Waals surface area contributed by atoms with E-state index < -0.39 is 0 Å². The van der Waals surface area contributed by atoms with E-state index in [2.05, 4.69) is 10.3 Å². The molecule has 0 aliphatic heterocycles. The number of nitrogens with zero attached hydrogens (tertiary/aromatic N) is 2. The van der Waals surface area contributed by atoms with Crippen LogP contribution in [0.2, 0.25) is 0 Å². The third-order valence-electron chi connectivity index (χ3n) is 1.94. The van der Waals surface area contributed by atoms with Gasteiger partial charge in [-0.25, -0.2) is 4.98 Å². The van der Waals surface area contributed by atoms with E-state index in [1.54, 1.807) is 24.5 Å². The van der Waals surface area contributed by atoms with Gasteiger partial charge in [-0.3, -0.25) is 10.1 Å². The lowest BCUT2D eigenvalue weighted by Crippen LogP contribution is -2.16. The van der Waals surface area contributed by atoms with E-state index in [0.29, 0.717) is 10.6 Å². The Bertz CT molecular complexity index is 551. The maximum Gasteiger partial charge on any atom is 0.276 e. The van der Waals surface area contributed by atoms with Gasteiger partial charge in [-0.1, -0.05) is 0 Å². The zero-order valence-corrected chi connectivity index (χ0v) is 9.98. The number of aromatic nitrogens is 1. The summed E-state index contributed by atoms with van der Waals surface area (Å²) in [6.07, 6.45) is 1.62. The van der Waals surface area contributed by atoms with Gasteiger partial charge in [-0.05, 0) is 18.4 Å². The molecule has 0 atom stereocenters. The van der Waals surface area contributed by atoms with Crippen LogP contribution in [0.3, 0.4) is 0 Å². The summed E-state index contributed by atoms with van der Waals surface area (Å²) in [6.45, 7) is 1.76. The highest BCUT2D eigenvalue weighted by atomic mass is 32.1. The van der Waals surface area contributed by atoms with E-state index in [9.17, 15) is 4.79 Å². The molecule has 0 fully saturated rings. The Morgan fingerprint density at radius 1 is 1.62 bits per heavy atom. The summed E-state index contributed by atoms with van der Waals surface area (Å²) in [5, 5.41) is 15.2. The number of aryl methyl sites for hydroxylation is 1. The van der Waals surface area contributed by atoms with Crippen molar-refractivity contribution >= 4 is 28.6 Å². The van der Waals surface area contributed by atoms with Gasteiger partial charge in [0, 0.05) is 10.9 Å². The molecule has 0 aromatic carbocycles. The molecule has 4 nitrogen and oxygen atoms in total. The molecule has 2 aromatic heterocycles. The fraction of sp³-hybridized carbons (Fsp3) is 0.100. The Hall–Kier alpha value is -1.71. The number of nitriles is 1. The second-order valence-corrected chi connectivity index (χ2v) is 4.79. The lowest BCUT2D eigenvalue weighted by Gasteiger charge is -1.91. The van der Waals surface area contributed by atoms with Crippen LogP contribution in [-0.4, -0.2) is 10.9 Å². The number of carbonyl (C=O) groups excluding carboxylic acids is 1. The van der Waals surface area contributed by atoms with Crippen molar-refractivity contribution in [3.63, 3.8) is 0 Å². The summed E-state index contributed by atoms with van der Waals surface area (Å²) in [7, 11) is 0. The number of amides is 1. The molecule has 1 N–H and O–H groups in total. The van der Waals surface area contributed by atoms with Gasteiger partial charge in [0.1, 0.15) is 9.88 Å². The Labute approximate surface area is 100 Å². The van der Waals surface area contributed by atoms with Gasteiger partial charge >= 0.3 is 0 Å². The van der Waals surface area contributed by atoms with E-state index in [1.165, 1.54) is 11.3 Å². The molecule has 0 unspecified atom stereocenters. The number of rotatable bonds is 2. The molecule has 2 heterocycles. The van der Waals surface area contributed by atoms with E-state index in [0.717, 1.165) is 10.6 Å². The minimum Gasteiger partial charge on any atom is -0.267 e. The van der Waals surface area contributed by atoms with Crippen molar-refractivity contribution in [3.8, 4) is 16.8 Å². The van der Waals surface area contributed by atoms with Gasteiger partial charge < -0.3 is 0 Å². The highest BCUT2D eigenvalue weighted by Gasteiger charge is 2.15. The number of thiophene rings is 1. The van der Waals surface area contributed by atoms with Crippen LogP contribution in [-0.2, 0) is 0 Å². The molecule has 16 heavy (non-hydrogen) atoms. The van der Waals surface area contributed by atoms with E-state index >= 15 is 0 Å². The quantitative estimate of drug-likeness (QED) is 0.656. The molecule has 0 bridgehead atoms. The van der Waals surface area contributed by atoms with E-state index in [4.69, 9.17) is 5.26 Å². The first-order chi connectivity index (χ1) is 7.72. The van der Waals surface area contributed by atoms with Gasteiger partial charge in [0.05, 0.1) is 5.69 Å². The second kappa shape index (κ2) is 4.43. The lowest BCUT2D eigenvalue weighted by atomic mass is 10.3. The second-order valence-electron chi connectivity index (χ2n) is 3.01.